The number of nitrogens with zero attached hydrogens (tertiary/aromatic N) is 2. The van der Waals surface area contributed by atoms with Crippen LogP contribution in [0, 0.1) is 12.7 Å². The van der Waals surface area contributed by atoms with Gasteiger partial charge in [0.05, 0.1) is 4.70 Å². The van der Waals surface area contributed by atoms with Gasteiger partial charge in [0, 0.05) is 5.38 Å². The van der Waals surface area contributed by atoms with Crippen molar-refractivity contribution in [3.05, 3.63) is 47.3 Å². The zero-order chi connectivity index (χ0) is 15.1. The van der Waals surface area contributed by atoms with Gasteiger partial charge in [-0.15, -0.1) is 11.3 Å². The molecule has 0 bridgehead atoms. The van der Waals surface area contributed by atoms with Gasteiger partial charge >= 0.3 is 0 Å². The maximum absolute atomic E-state index is 13.7. The van der Waals surface area contributed by atoms with Crippen molar-refractivity contribution in [1.82, 2.24) is 9.97 Å². The third-order valence-corrected chi connectivity index (χ3v) is 4.77. The van der Waals surface area contributed by atoms with Crippen LogP contribution in [0.4, 0.5) is 14.7 Å². The molecule has 0 unspecified atom stereocenters. The highest BCUT2D eigenvalue weighted by molar-refractivity contribution is 7.22. The maximum atomic E-state index is 13.7. The van der Waals surface area contributed by atoms with Gasteiger partial charge in [-0.25, -0.2) is 14.4 Å². The Bertz CT molecular complexity index is 957. The first-order valence-electron chi connectivity index (χ1n) is 6.53. The molecule has 4 aromatic rings. The smallest absolute Gasteiger partial charge is 0.190 e. The van der Waals surface area contributed by atoms with Crippen LogP contribution >= 0.6 is 22.7 Å². The number of para-hydroxylation sites is 1. The van der Waals surface area contributed by atoms with Crippen LogP contribution in [-0.4, -0.2) is 9.97 Å². The Balaban J connectivity index is 1.62. The van der Waals surface area contributed by atoms with E-state index in [4.69, 9.17) is 4.42 Å². The summed E-state index contributed by atoms with van der Waals surface area (Å²) in [6.07, 6.45) is 0. The van der Waals surface area contributed by atoms with E-state index in [2.05, 4.69) is 15.3 Å². The second kappa shape index (κ2) is 5.19. The van der Waals surface area contributed by atoms with Crippen molar-refractivity contribution < 1.29 is 8.81 Å². The summed E-state index contributed by atoms with van der Waals surface area (Å²) in [5, 5.41) is 6.35. The minimum Gasteiger partial charge on any atom is -0.460 e. The molecule has 1 N–H and O–H groups in total. The van der Waals surface area contributed by atoms with Gasteiger partial charge < -0.3 is 9.73 Å². The number of nitrogens with one attached hydrogen (secondary N) is 1. The normalized spacial score (nSPS) is 11.2. The monoisotopic (exact) mass is 331 g/mol. The first-order valence-corrected chi connectivity index (χ1v) is 8.23. The summed E-state index contributed by atoms with van der Waals surface area (Å²) in [7, 11) is 0. The molecule has 0 saturated carbocycles. The van der Waals surface area contributed by atoms with Crippen LogP contribution in [0.3, 0.4) is 0 Å². The van der Waals surface area contributed by atoms with Crippen molar-refractivity contribution in [3.8, 4) is 11.5 Å². The highest BCUT2D eigenvalue weighted by Crippen LogP contribution is 2.32. The van der Waals surface area contributed by atoms with E-state index in [9.17, 15) is 4.39 Å². The molecule has 0 amide bonds. The van der Waals surface area contributed by atoms with E-state index in [1.807, 2.05) is 30.5 Å². The van der Waals surface area contributed by atoms with Crippen LogP contribution in [0.15, 0.2) is 40.1 Å². The van der Waals surface area contributed by atoms with Crippen LogP contribution in [0.2, 0.25) is 0 Å². The van der Waals surface area contributed by atoms with E-state index < -0.39 is 0 Å². The van der Waals surface area contributed by atoms with E-state index in [0.717, 1.165) is 21.9 Å². The molecule has 1 aromatic carbocycles. The summed E-state index contributed by atoms with van der Waals surface area (Å²) in [6.45, 7) is 1.89. The van der Waals surface area contributed by atoms with Crippen LogP contribution in [0.25, 0.3) is 21.7 Å². The van der Waals surface area contributed by atoms with Crippen molar-refractivity contribution in [2.45, 2.75) is 6.92 Å². The van der Waals surface area contributed by atoms with Crippen LogP contribution in [0.5, 0.6) is 0 Å². The zero-order valence-electron chi connectivity index (χ0n) is 11.5. The topological polar surface area (TPSA) is 51.0 Å². The Labute approximate surface area is 133 Å². The highest BCUT2D eigenvalue weighted by Gasteiger charge is 2.11. The molecule has 0 saturated heterocycles. The first kappa shape index (κ1) is 13.4. The van der Waals surface area contributed by atoms with Crippen LogP contribution in [-0.2, 0) is 0 Å². The lowest BCUT2D eigenvalue weighted by molar-refractivity contribution is 0.547. The lowest BCUT2D eigenvalue weighted by atomic mass is 10.3. The van der Waals surface area contributed by atoms with E-state index in [1.54, 1.807) is 6.07 Å². The van der Waals surface area contributed by atoms with Gasteiger partial charge in [-0.2, -0.15) is 0 Å². The number of hydrogen-bond acceptors (Lipinski definition) is 6. The number of furan rings is 1. The first-order chi connectivity index (χ1) is 10.7. The molecule has 0 aliphatic rings. The second-order valence-electron chi connectivity index (χ2n) is 4.68. The Hall–Kier alpha value is -2.25. The molecular formula is C15H10FN3OS2. The predicted octanol–water partition coefficient (Wildman–Crippen LogP) is 5.20. The summed E-state index contributed by atoms with van der Waals surface area (Å²) in [5.41, 5.74) is 1.15. The van der Waals surface area contributed by atoms with E-state index >= 15 is 0 Å². The van der Waals surface area contributed by atoms with Crippen molar-refractivity contribution in [2.75, 3.05) is 5.32 Å². The lowest BCUT2D eigenvalue weighted by Gasteiger charge is -1.94. The minimum absolute atomic E-state index is 0.312. The van der Waals surface area contributed by atoms with E-state index in [-0.39, 0.29) is 5.82 Å². The van der Waals surface area contributed by atoms with Gasteiger partial charge in [-0.05, 0) is 31.2 Å². The highest BCUT2D eigenvalue weighted by atomic mass is 32.1. The molecule has 0 radical (unpaired) electrons. The standard InChI is InChI=1S/C15H10FN3OS2/c1-8-5-6-11(20-8)10-7-21-14(17-10)19-15-18-13-9(16)3-2-4-12(13)22-15/h2-7H,1H3,(H,17,18,19). The number of anilines is 2. The summed E-state index contributed by atoms with van der Waals surface area (Å²) >= 11 is 2.85. The Kier molecular flexibility index (Phi) is 3.16. The molecule has 3 aromatic heterocycles. The number of hydrogen-bond donors (Lipinski definition) is 1. The van der Waals surface area contributed by atoms with Crippen LogP contribution in [0.1, 0.15) is 5.76 Å². The summed E-state index contributed by atoms with van der Waals surface area (Å²) < 4.78 is 20.0. The molecule has 7 heteroatoms. The fourth-order valence-electron chi connectivity index (χ4n) is 2.08. The second-order valence-corrected chi connectivity index (χ2v) is 6.57. The average molecular weight is 331 g/mol. The fourth-order valence-corrected chi connectivity index (χ4v) is 3.72. The SMILES string of the molecule is Cc1ccc(-c2csc(Nc3nc4c(F)cccc4s3)n2)o1. The molecule has 4 nitrogen and oxygen atoms in total. The summed E-state index contributed by atoms with van der Waals surface area (Å²) in [4.78, 5) is 8.74. The number of aromatic nitrogens is 2. The lowest BCUT2D eigenvalue weighted by Crippen LogP contribution is -1.88. The van der Waals surface area contributed by atoms with Crippen molar-refractivity contribution >= 4 is 43.2 Å². The van der Waals surface area contributed by atoms with Gasteiger partial charge in [0.25, 0.3) is 0 Å². The minimum atomic E-state index is -0.312. The number of halogens is 1. The fraction of sp³-hybridized carbons (Fsp3) is 0.0667. The number of fused-ring (bicyclic) bond motifs is 1. The predicted molar refractivity (Wildman–Crippen MR) is 87.4 cm³/mol. The summed E-state index contributed by atoms with van der Waals surface area (Å²) in [6, 6.07) is 8.73. The van der Waals surface area contributed by atoms with Crippen LogP contribution < -0.4 is 5.32 Å². The largest absolute Gasteiger partial charge is 0.460 e. The molecule has 0 atom stereocenters. The third-order valence-electron chi connectivity index (χ3n) is 3.08. The van der Waals surface area contributed by atoms with Gasteiger partial charge in [0.2, 0.25) is 0 Å². The van der Waals surface area contributed by atoms with Gasteiger partial charge in [-0.1, -0.05) is 17.4 Å². The molecule has 0 aliphatic carbocycles. The number of thiazole rings is 2. The molecule has 110 valence electrons. The quantitative estimate of drug-likeness (QED) is 0.560. The molecule has 22 heavy (non-hydrogen) atoms. The van der Waals surface area contributed by atoms with E-state index in [0.29, 0.717) is 15.8 Å². The van der Waals surface area contributed by atoms with Crippen molar-refractivity contribution in [3.63, 3.8) is 0 Å². The van der Waals surface area contributed by atoms with Crippen molar-refractivity contribution in [2.24, 2.45) is 0 Å². The third kappa shape index (κ3) is 2.38. The van der Waals surface area contributed by atoms with Gasteiger partial charge in [0.1, 0.15) is 22.8 Å². The molecule has 3 heterocycles. The number of rotatable bonds is 3. The zero-order valence-corrected chi connectivity index (χ0v) is 13.1. The van der Waals surface area contributed by atoms with Crippen molar-refractivity contribution in [1.29, 1.82) is 0 Å². The molecule has 0 fully saturated rings. The maximum Gasteiger partial charge on any atom is 0.190 e. The van der Waals surface area contributed by atoms with Gasteiger partial charge in [-0.3, -0.25) is 0 Å². The molecule has 0 spiro atoms. The van der Waals surface area contributed by atoms with E-state index in [1.165, 1.54) is 28.7 Å². The molecule has 0 aliphatic heterocycles. The molecular weight excluding hydrogens is 321 g/mol. The van der Waals surface area contributed by atoms with Gasteiger partial charge in [0.15, 0.2) is 16.0 Å². The summed E-state index contributed by atoms with van der Waals surface area (Å²) in [5.74, 6) is 1.27. The molecule has 4 rings (SSSR count). The average Bonchev–Trinajstić information content (AvgIpc) is 3.19. The Morgan fingerprint density at radius 3 is 2.82 bits per heavy atom. The number of aryl methyl sites for hydroxylation is 1. The Morgan fingerprint density at radius 2 is 2.05 bits per heavy atom. The number of benzene rings is 1. The Morgan fingerprint density at radius 1 is 1.14 bits per heavy atom.